The number of urea groups is 1. The highest BCUT2D eigenvalue weighted by molar-refractivity contribution is 6.04. The van der Waals surface area contributed by atoms with Crippen LogP contribution >= 0.6 is 0 Å². The Balaban J connectivity index is 2.30. The van der Waals surface area contributed by atoms with E-state index in [2.05, 4.69) is 10.2 Å². The topological polar surface area (TPSA) is 87.7 Å². The van der Waals surface area contributed by atoms with Crippen LogP contribution in [-0.2, 0) is 14.4 Å². The van der Waals surface area contributed by atoms with Gasteiger partial charge >= 0.3 is 12.2 Å². The van der Waals surface area contributed by atoms with E-state index in [-0.39, 0.29) is 6.54 Å². The fourth-order valence-electron chi connectivity index (χ4n) is 0.990. The number of hydrogen-bond acceptors (Lipinski definition) is 4. The lowest BCUT2D eigenvalue weighted by atomic mass is 10.5. The minimum absolute atomic E-state index is 0.241. The number of hydroxylamine groups is 1. The molecule has 0 saturated carbocycles. The Morgan fingerprint density at radius 2 is 2.12 bits per heavy atom. The van der Waals surface area contributed by atoms with Crippen LogP contribution in [0.2, 0.25) is 0 Å². The molecule has 96 valence electrons. The summed E-state index contributed by atoms with van der Waals surface area (Å²) in [5.74, 6) is -1.67. The van der Waals surface area contributed by atoms with Crippen molar-refractivity contribution in [1.29, 1.82) is 0 Å². The third-order valence-electron chi connectivity index (χ3n) is 1.66. The molecule has 0 aromatic heterocycles. The van der Waals surface area contributed by atoms with Gasteiger partial charge in [0.2, 0.25) is 0 Å². The molecule has 17 heavy (non-hydrogen) atoms. The van der Waals surface area contributed by atoms with Crippen molar-refractivity contribution in [3.05, 3.63) is 0 Å². The molecule has 0 unspecified atom stereocenters. The van der Waals surface area contributed by atoms with Crippen LogP contribution in [-0.4, -0.2) is 48.6 Å². The second-order valence-electron chi connectivity index (χ2n) is 3.07. The number of nitrogens with zero attached hydrogens (tertiary/aromatic N) is 1. The normalized spacial score (nSPS) is 16.1. The number of carbonyl (C=O) groups is 3. The lowest BCUT2D eigenvalue weighted by Gasteiger charge is -2.12. The maximum atomic E-state index is 11.6. The van der Waals surface area contributed by atoms with Gasteiger partial charge in [-0.05, 0) is 0 Å². The third kappa shape index (κ3) is 4.26. The van der Waals surface area contributed by atoms with Crippen molar-refractivity contribution in [2.45, 2.75) is 6.18 Å². The molecular weight excluding hydrogens is 247 g/mol. The number of alkyl halides is 3. The van der Waals surface area contributed by atoms with E-state index in [1.54, 1.807) is 0 Å². The number of imide groups is 1. The van der Waals surface area contributed by atoms with E-state index in [9.17, 15) is 27.6 Å². The van der Waals surface area contributed by atoms with Gasteiger partial charge in [-0.2, -0.15) is 13.2 Å². The first-order chi connectivity index (χ1) is 7.79. The van der Waals surface area contributed by atoms with Crippen molar-refractivity contribution < 1.29 is 32.4 Å². The van der Waals surface area contributed by atoms with Gasteiger partial charge in [-0.25, -0.2) is 10.3 Å². The predicted molar refractivity (Wildman–Crippen MR) is 45.3 cm³/mol. The fourth-order valence-corrected chi connectivity index (χ4v) is 0.990. The molecule has 1 saturated heterocycles. The summed E-state index contributed by atoms with van der Waals surface area (Å²) in [6.07, 6.45) is -4.58. The quantitative estimate of drug-likeness (QED) is 0.506. The van der Waals surface area contributed by atoms with Gasteiger partial charge in [-0.15, -0.1) is 0 Å². The number of halogens is 3. The van der Waals surface area contributed by atoms with Gasteiger partial charge in [0.1, 0.15) is 6.54 Å². The van der Waals surface area contributed by atoms with Crippen LogP contribution in [0.15, 0.2) is 0 Å². The summed E-state index contributed by atoms with van der Waals surface area (Å²) in [7, 11) is 0. The van der Waals surface area contributed by atoms with E-state index in [0.717, 1.165) is 0 Å². The predicted octanol–water partition coefficient (Wildman–Crippen LogP) is -0.852. The minimum atomic E-state index is -4.58. The zero-order valence-corrected chi connectivity index (χ0v) is 8.34. The summed E-state index contributed by atoms with van der Waals surface area (Å²) in [5.41, 5.74) is 1.47. The Morgan fingerprint density at radius 1 is 1.47 bits per heavy atom. The Morgan fingerprint density at radius 3 is 2.59 bits per heavy atom. The summed E-state index contributed by atoms with van der Waals surface area (Å²) in [6.45, 7) is -2.59. The first-order valence-electron chi connectivity index (χ1n) is 4.35. The Hall–Kier alpha value is -1.84. The monoisotopic (exact) mass is 255 g/mol. The average Bonchev–Trinajstić information content (AvgIpc) is 2.47. The molecule has 1 fully saturated rings. The summed E-state index contributed by atoms with van der Waals surface area (Å²) < 4.78 is 34.9. The number of amides is 4. The Labute approximate surface area is 92.8 Å². The Bertz CT molecular complexity index is 328. The van der Waals surface area contributed by atoms with Gasteiger partial charge in [0.05, 0.1) is 6.54 Å². The molecule has 1 heterocycles. The molecule has 0 atom stereocenters. The lowest BCUT2D eigenvalue weighted by molar-refractivity contribution is -0.191. The van der Waals surface area contributed by atoms with Crippen LogP contribution in [0.1, 0.15) is 0 Å². The van der Waals surface area contributed by atoms with Gasteiger partial charge in [0.15, 0.2) is 6.61 Å². The first kappa shape index (κ1) is 13.2. The molecule has 1 aliphatic rings. The summed E-state index contributed by atoms with van der Waals surface area (Å²) in [5, 5.41) is 2.14. The molecule has 0 bridgehead atoms. The van der Waals surface area contributed by atoms with Crippen LogP contribution in [0.4, 0.5) is 18.0 Å². The maximum Gasteiger partial charge on any atom is 0.414 e. The van der Waals surface area contributed by atoms with Crippen molar-refractivity contribution in [3.8, 4) is 0 Å². The van der Waals surface area contributed by atoms with Gasteiger partial charge in [0.25, 0.3) is 11.8 Å². The van der Waals surface area contributed by atoms with E-state index < -0.39 is 37.2 Å². The second kappa shape index (κ2) is 4.99. The minimum Gasteiger partial charge on any atom is -0.329 e. The first-order valence-corrected chi connectivity index (χ1v) is 4.35. The van der Waals surface area contributed by atoms with E-state index in [1.165, 1.54) is 5.48 Å². The van der Waals surface area contributed by atoms with Gasteiger partial charge in [-0.1, -0.05) is 0 Å². The highest BCUT2D eigenvalue weighted by atomic mass is 19.4. The summed E-state index contributed by atoms with van der Waals surface area (Å²) >= 11 is 0. The molecule has 4 amide bonds. The highest BCUT2D eigenvalue weighted by Gasteiger charge is 2.31. The van der Waals surface area contributed by atoms with Crippen LogP contribution in [0.5, 0.6) is 0 Å². The number of carbonyl (C=O) groups excluding carboxylic acids is 3. The molecule has 7 nitrogen and oxygen atoms in total. The Kier molecular flexibility index (Phi) is 3.89. The highest BCUT2D eigenvalue weighted by Crippen LogP contribution is 2.13. The average molecular weight is 255 g/mol. The van der Waals surface area contributed by atoms with Crippen molar-refractivity contribution in [1.82, 2.24) is 15.7 Å². The zero-order chi connectivity index (χ0) is 13.1. The molecule has 0 aromatic carbocycles. The van der Waals surface area contributed by atoms with E-state index in [1.807, 2.05) is 0 Å². The molecule has 1 rings (SSSR count). The van der Waals surface area contributed by atoms with Crippen LogP contribution in [0, 0.1) is 0 Å². The second-order valence-corrected chi connectivity index (χ2v) is 3.07. The number of hydrogen-bond donors (Lipinski definition) is 2. The van der Waals surface area contributed by atoms with E-state index >= 15 is 0 Å². The van der Waals surface area contributed by atoms with Crippen LogP contribution in [0.3, 0.4) is 0 Å². The molecule has 0 spiro atoms. The van der Waals surface area contributed by atoms with Crippen molar-refractivity contribution in [2.24, 2.45) is 0 Å². The number of rotatable bonds is 4. The molecule has 0 aliphatic carbocycles. The fraction of sp³-hybridized carbons (Fsp3) is 0.571. The number of nitrogens with one attached hydrogen (secondary N) is 2. The SMILES string of the molecule is O=C(CN1C(=O)CNC1=O)NOCC(F)(F)F. The third-order valence-corrected chi connectivity index (χ3v) is 1.66. The summed E-state index contributed by atoms with van der Waals surface area (Å²) in [4.78, 5) is 37.3. The standard InChI is InChI=1S/C7H8F3N3O4/c8-7(9,10)3-17-12-4(14)2-13-5(15)1-11-6(13)16/h1-3H2,(H,11,16)(H,12,14). The van der Waals surface area contributed by atoms with E-state index in [4.69, 9.17) is 0 Å². The van der Waals surface area contributed by atoms with Gasteiger partial charge in [-0.3, -0.25) is 19.3 Å². The van der Waals surface area contributed by atoms with E-state index in [0.29, 0.717) is 4.90 Å². The molecule has 0 aromatic rings. The van der Waals surface area contributed by atoms with Crippen LogP contribution in [0.25, 0.3) is 0 Å². The smallest absolute Gasteiger partial charge is 0.329 e. The summed E-state index contributed by atoms with van der Waals surface area (Å²) in [6, 6.07) is -0.777. The van der Waals surface area contributed by atoms with Gasteiger partial charge < -0.3 is 5.32 Å². The lowest BCUT2D eigenvalue weighted by Crippen LogP contribution is -2.41. The van der Waals surface area contributed by atoms with Crippen molar-refractivity contribution in [2.75, 3.05) is 19.7 Å². The van der Waals surface area contributed by atoms with Crippen molar-refractivity contribution in [3.63, 3.8) is 0 Å². The molecule has 10 heteroatoms. The zero-order valence-electron chi connectivity index (χ0n) is 8.34. The molecule has 2 N–H and O–H groups in total. The van der Waals surface area contributed by atoms with Crippen LogP contribution < -0.4 is 10.8 Å². The van der Waals surface area contributed by atoms with Crippen molar-refractivity contribution >= 4 is 17.8 Å². The molecule has 0 radical (unpaired) electrons. The molecule has 1 aliphatic heterocycles. The van der Waals surface area contributed by atoms with Gasteiger partial charge in [0, 0.05) is 0 Å². The largest absolute Gasteiger partial charge is 0.414 e. The maximum absolute atomic E-state index is 11.6. The molecular formula is C7H8F3N3O4.